The second kappa shape index (κ2) is 6.39. The number of sulfonamides is 1. The van der Waals surface area contributed by atoms with Gasteiger partial charge in [0.15, 0.2) is 0 Å². The third-order valence-corrected chi connectivity index (χ3v) is 5.39. The number of halogens is 3. The van der Waals surface area contributed by atoms with Gasteiger partial charge < -0.3 is 0 Å². The molecule has 8 heteroatoms. The fraction of sp³-hybridized carbons (Fsp3) is 0.154. The van der Waals surface area contributed by atoms with Gasteiger partial charge in [0.1, 0.15) is 10.7 Å². The summed E-state index contributed by atoms with van der Waals surface area (Å²) < 4.78 is 40.1. The number of pyridine rings is 1. The van der Waals surface area contributed by atoms with Crippen molar-refractivity contribution in [1.82, 2.24) is 9.29 Å². The van der Waals surface area contributed by atoms with Gasteiger partial charge in [-0.25, -0.2) is 12.8 Å². The van der Waals surface area contributed by atoms with Crippen LogP contribution in [0.2, 0.25) is 5.02 Å². The average Bonchev–Trinajstić information content (AvgIpc) is 2.42. The Bertz CT molecular complexity index is 750. The molecule has 0 aliphatic carbocycles. The van der Waals surface area contributed by atoms with E-state index in [4.69, 9.17) is 11.6 Å². The Labute approximate surface area is 135 Å². The van der Waals surface area contributed by atoms with Crippen LogP contribution in [-0.4, -0.2) is 24.8 Å². The van der Waals surface area contributed by atoms with Gasteiger partial charge in [-0.2, -0.15) is 4.31 Å². The first-order valence-corrected chi connectivity index (χ1v) is 8.43. The highest BCUT2D eigenvalue weighted by atomic mass is 79.9. The van der Waals surface area contributed by atoms with E-state index in [9.17, 15) is 12.8 Å². The van der Waals surface area contributed by atoms with Crippen LogP contribution in [0.25, 0.3) is 0 Å². The molecule has 0 N–H and O–H groups in total. The molecule has 0 amide bonds. The molecule has 0 aliphatic rings. The molecule has 1 aromatic carbocycles. The number of rotatable bonds is 4. The van der Waals surface area contributed by atoms with Gasteiger partial charge in [-0.3, -0.25) is 4.98 Å². The van der Waals surface area contributed by atoms with Crippen LogP contribution in [-0.2, 0) is 16.6 Å². The summed E-state index contributed by atoms with van der Waals surface area (Å²) in [6.45, 7) is -0.166. The van der Waals surface area contributed by atoms with Crippen LogP contribution < -0.4 is 0 Å². The Morgan fingerprint density at radius 3 is 2.71 bits per heavy atom. The molecule has 21 heavy (non-hydrogen) atoms. The normalized spacial score (nSPS) is 11.9. The first kappa shape index (κ1) is 16.4. The SMILES string of the molecule is CN(Cc1c(F)cccc1Cl)S(=O)(=O)c1cncc(Br)c1. The van der Waals surface area contributed by atoms with E-state index in [2.05, 4.69) is 20.9 Å². The Balaban J connectivity index is 2.33. The van der Waals surface area contributed by atoms with Crippen LogP contribution in [0.15, 0.2) is 46.0 Å². The molecule has 0 fully saturated rings. The zero-order valence-electron chi connectivity index (χ0n) is 10.9. The van der Waals surface area contributed by atoms with E-state index in [1.54, 1.807) is 0 Å². The van der Waals surface area contributed by atoms with Gasteiger partial charge in [0.25, 0.3) is 0 Å². The second-order valence-corrected chi connectivity index (χ2v) is 7.67. The van der Waals surface area contributed by atoms with E-state index >= 15 is 0 Å². The molecule has 0 radical (unpaired) electrons. The molecule has 1 heterocycles. The molecule has 4 nitrogen and oxygen atoms in total. The van der Waals surface area contributed by atoms with Crippen molar-refractivity contribution in [2.75, 3.05) is 7.05 Å². The summed E-state index contributed by atoms with van der Waals surface area (Å²) in [6, 6.07) is 5.65. The summed E-state index contributed by atoms with van der Waals surface area (Å²) >= 11 is 9.08. The third kappa shape index (κ3) is 3.60. The van der Waals surface area contributed by atoms with E-state index in [0.29, 0.717) is 4.47 Å². The molecule has 0 saturated carbocycles. The minimum atomic E-state index is -3.78. The predicted molar refractivity (Wildman–Crippen MR) is 82.0 cm³/mol. The fourth-order valence-electron chi connectivity index (χ4n) is 1.70. The first-order valence-electron chi connectivity index (χ1n) is 5.82. The lowest BCUT2D eigenvalue weighted by Crippen LogP contribution is -2.27. The zero-order chi connectivity index (χ0) is 15.6. The summed E-state index contributed by atoms with van der Waals surface area (Å²) in [4.78, 5) is 3.84. The molecule has 112 valence electrons. The molecule has 0 bridgehead atoms. The summed E-state index contributed by atoms with van der Waals surface area (Å²) in [5, 5.41) is 0.185. The van der Waals surface area contributed by atoms with Crippen molar-refractivity contribution in [1.29, 1.82) is 0 Å². The zero-order valence-corrected chi connectivity index (χ0v) is 14.1. The highest BCUT2D eigenvalue weighted by molar-refractivity contribution is 9.10. The highest BCUT2D eigenvalue weighted by Crippen LogP contribution is 2.24. The maximum atomic E-state index is 13.7. The second-order valence-electron chi connectivity index (χ2n) is 4.30. The van der Waals surface area contributed by atoms with Crippen molar-refractivity contribution >= 4 is 37.6 Å². The van der Waals surface area contributed by atoms with Crippen LogP contribution in [0.3, 0.4) is 0 Å². The maximum Gasteiger partial charge on any atom is 0.244 e. The molecule has 1 aromatic heterocycles. The van der Waals surface area contributed by atoms with Crippen LogP contribution in [0.5, 0.6) is 0 Å². The molecular weight excluding hydrogens is 383 g/mol. The predicted octanol–water partition coefficient (Wildman–Crippen LogP) is 3.46. The van der Waals surface area contributed by atoms with E-state index in [-0.39, 0.29) is 22.0 Å². The highest BCUT2D eigenvalue weighted by Gasteiger charge is 2.23. The Hall–Kier alpha value is -1.02. The molecule has 0 atom stereocenters. The monoisotopic (exact) mass is 392 g/mol. The number of hydrogen-bond donors (Lipinski definition) is 0. The van der Waals surface area contributed by atoms with Crippen LogP contribution >= 0.6 is 27.5 Å². The summed E-state index contributed by atoms with van der Waals surface area (Å²) in [6.07, 6.45) is 2.71. The maximum absolute atomic E-state index is 13.7. The van der Waals surface area contributed by atoms with E-state index in [1.807, 2.05) is 0 Å². The van der Waals surface area contributed by atoms with Gasteiger partial charge >= 0.3 is 0 Å². The van der Waals surface area contributed by atoms with Crippen LogP contribution in [0.4, 0.5) is 4.39 Å². The van der Waals surface area contributed by atoms with Crippen molar-refractivity contribution in [2.45, 2.75) is 11.4 Å². The van der Waals surface area contributed by atoms with Crippen molar-refractivity contribution in [3.63, 3.8) is 0 Å². The van der Waals surface area contributed by atoms with E-state index in [0.717, 1.165) is 4.31 Å². The van der Waals surface area contributed by atoms with Gasteiger partial charge in [0.2, 0.25) is 10.0 Å². The lowest BCUT2D eigenvalue weighted by Gasteiger charge is -2.18. The molecule has 0 unspecified atom stereocenters. The number of aromatic nitrogens is 1. The van der Waals surface area contributed by atoms with Crippen molar-refractivity contribution < 1.29 is 12.8 Å². The Kier molecular flexibility index (Phi) is 4.98. The summed E-state index contributed by atoms with van der Waals surface area (Å²) in [7, 11) is -2.42. The number of benzene rings is 1. The van der Waals surface area contributed by atoms with Crippen molar-refractivity contribution in [2.24, 2.45) is 0 Å². The van der Waals surface area contributed by atoms with Crippen molar-refractivity contribution in [3.8, 4) is 0 Å². The van der Waals surface area contributed by atoms with E-state index in [1.165, 1.54) is 43.7 Å². The molecule has 0 spiro atoms. The molecule has 0 aliphatic heterocycles. The third-order valence-electron chi connectivity index (χ3n) is 2.83. The lowest BCUT2D eigenvalue weighted by atomic mass is 10.2. The largest absolute Gasteiger partial charge is 0.262 e. The summed E-state index contributed by atoms with van der Waals surface area (Å²) in [5.74, 6) is -0.545. The van der Waals surface area contributed by atoms with Gasteiger partial charge in [-0.05, 0) is 34.1 Å². The number of nitrogens with zero attached hydrogens (tertiary/aromatic N) is 2. The standard InChI is InChI=1S/C13H11BrClFN2O2S/c1-18(8-11-12(15)3-2-4-13(11)16)21(19,20)10-5-9(14)6-17-7-10/h2-7H,8H2,1H3. The van der Waals surface area contributed by atoms with Crippen molar-refractivity contribution in [3.05, 3.63) is 57.5 Å². The van der Waals surface area contributed by atoms with Crippen LogP contribution in [0, 0.1) is 5.82 Å². The Morgan fingerprint density at radius 2 is 2.10 bits per heavy atom. The van der Waals surface area contributed by atoms with E-state index < -0.39 is 15.8 Å². The summed E-state index contributed by atoms with van der Waals surface area (Å²) in [5.41, 5.74) is 0.133. The van der Waals surface area contributed by atoms with Crippen LogP contribution in [0.1, 0.15) is 5.56 Å². The molecular formula is C13H11BrClFN2O2S. The number of hydrogen-bond acceptors (Lipinski definition) is 3. The Morgan fingerprint density at radius 1 is 1.38 bits per heavy atom. The van der Waals surface area contributed by atoms with Gasteiger partial charge in [-0.15, -0.1) is 0 Å². The first-order chi connectivity index (χ1) is 9.82. The molecule has 2 aromatic rings. The average molecular weight is 394 g/mol. The fourth-order valence-corrected chi connectivity index (χ4v) is 3.57. The minimum absolute atomic E-state index is 0.0202. The lowest BCUT2D eigenvalue weighted by molar-refractivity contribution is 0.456. The minimum Gasteiger partial charge on any atom is -0.262 e. The molecule has 0 saturated heterocycles. The molecule has 2 rings (SSSR count). The smallest absolute Gasteiger partial charge is 0.244 e. The van der Waals surface area contributed by atoms with Gasteiger partial charge in [-0.1, -0.05) is 17.7 Å². The quantitative estimate of drug-likeness (QED) is 0.799. The topological polar surface area (TPSA) is 50.3 Å². The van der Waals surface area contributed by atoms with Gasteiger partial charge in [0, 0.05) is 41.0 Å². The van der Waals surface area contributed by atoms with Gasteiger partial charge in [0.05, 0.1) is 0 Å².